The smallest absolute Gasteiger partial charge is 0.435 e. The molecule has 0 bridgehead atoms. The Morgan fingerprint density at radius 3 is 2.65 bits per heavy atom. The van der Waals surface area contributed by atoms with Crippen LogP contribution in [0.4, 0.5) is 13.2 Å². The van der Waals surface area contributed by atoms with Gasteiger partial charge in [0.1, 0.15) is 6.10 Å². The van der Waals surface area contributed by atoms with Crippen molar-refractivity contribution >= 4 is 0 Å². The van der Waals surface area contributed by atoms with Crippen molar-refractivity contribution in [2.24, 2.45) is 0 Å². The number of ether oxygens (including phenoxy) is 1. The second kappa shape index (κ2) is 4.87. The first-order valence-electron chi connectivity index (χ1n) is 5.34. The Morgan fingerprint density at radius 2 is 2.12 bits per heavy atom. The van der Waals surface area contributed by atoms with E-state index in [0.29, 0.717) is 6.54 Å². The molecule has 1 aromatic heterocycles. The van der Waals surface area contributed by atoms with Crippen molar-refractivity contribution in [3.63, 3.8) is 0 Å². The van der Waals surface area contributed by atoms with Crippen LogP contribution < -0.4 is 10.1 Å². The number of aromatic nitrogens is 2. The predicted octanol–water partition coefficient (Wildman–Crippen LogP) is 1.63. The number of nitrogens with zero attached hydrogens (tertiary/aromatic N) is 2. The van der Waals surface area contributed by atoms with Gasteiger partial charge in [-0.3, -0.25) is 0 Å². The summed E-state index contributed by atoms with van der Waals surface area (Å²) in [7, 11) is 0. The van der Waals surface area contributed by atoms with Gasteiger partial charge in [0.2, 0.25) is 5.88 Å². The van der Waals surface area contributed by atoms with E-state index in [4.69, 9.17) is 4.74 Å². The minimum atomic E-state index is -4.46. The maximum absolute atomic E-state index is 12.2. The zero-order valence-electron chi connectivity index (χ0n) is 9.00. The zero-order valence-corrected chi connectivity index (χ0v) is 9.00. The summed E-state index contributed by atoms with van der Waals surface area (Å²) >= 11 is 0. The third-order valence-electron chi connectivity index (χ3n) is 2.47. The Bertz CT molecular complexity index is 360. The number of piperidine rings is 1. The number of rotatable bonds is 2. The van der Waals surface area contributed by atoms with E-state index in [-0.39, 0.29) is 12.0 Å². The van der Waals surface area contributed by atoms with Gasteiger partial charge in [0.15, 0.2) is 5.69 Å². The van der Waals surface area contributed by atoms with Crippen molar-refractivity contribution < 1.29 is 17.9 Å². The molecule has 1 saturated heterocycles. The molecule has 0 amide bonds. The van der Waals surface area contributed by atoms with Crippen LogP contribution in [0.3, 0.4) is 0 Å². The molecule has 0 radical (unpaired) electrons. The molecule has 1 unspecified atom stereocenters. The molecule has 1 aliphatic heterocycles. The minimum Gasteiger partial charge on any atom is -0.472 e. The number of hydrogen-bond acceptors (Lipinski definition) is 4. The Kier molecular flexibility index (Phi) is 3.46. The van der Waals surface area contributed by atoms with Gasteiger partial charge in [0.25, 0.3) is 0 Å². The van der Waals surface area contributed by atoms with Crippen molar-refractivity contribution in [2.75, 3.05) is 13.1 Å². The third kappa shape index (κ3) is 3.29. The normalized spacial score (nSPS) is 21.2. The molecule has 2 rings (SSSR count). The summed E-state index contributed by atoms with van der Waals surface area (Å²) in [4.78, 5) is 0. The molecule has 1 atom stereocenters. The Labute approximate surface area is 96.2 Å². The molecule has 7 heteroatoms. The number of halogens is 3. The van der Waals surface area contributed by atoms with Crippen LogP contribution in [0.25, 0.3) is 0 Å². The van der Waals surface area contributed by atoms with Crippen molar-refractivity contribution in [1.82, 2.24) is 15.5 Å². The first-order chi connectivity index (χ1) is 8.05. The largest absolute Gasteiger partial charge is 0.472 e. The number of alkyl halides is 3. The second-order valence-electron chi connectivity index (χ2n) is 3.84. The van der Waals surface area contributed by atoms with Crippen LogP contribution in [0.1, 0.15) is 18.5 Å². The van der Waals surface area contributed by atoms with Crippen molar-refractivity contribution in [2.45, 2.75) is 25.1 Å². The zero-order chi connectivity index (χ0) is 12.3. The van der Waals surface area contributed by atoms with E-state index < -0.39 is 11.9 Å². The van der Waals surface area contributed by atoms with E-state index in [9.17, 15) is 13.2 Å². The maximum Gasteiger partial charge on any atom is 0.435 e. The van der Waals surface area contributed by atoms with Gasteiger partial charge in [-0.15, -0.1) is 10.2 Å². The quantitative estimate of drug-likeness (QED) is 0.862. The monoisotopic (exact) mass is 247 g/mol. The number of hydrogen-bond donors (Lipinski definition) is 1. The van der Waals surface area contributed by atoms with E-state index in [0.717, 1.165) is 25.5 Å². The molecule has 0 spiro atoms. The van der Waals surface area contributed by atoms with Crippen molar-refractivity contribution in [1.29, 1.82) is 0 Å². The Hall–Kier alpha value is -1.37. The average molecular weight is 247 g/mol. The molecule has 0 aromatic carbocycles. The highest BCUT2D eigenvalue weighted by Crippen LogP contribution is 2.27. The van der Waals surface area contributed by atoms with Crippen LogP contribution in [0.5, 0.6) is 5.88 Å². The van der Waals surface area contributed by atoms with Gasteiger partial charge in [-0.25, -0.2) is 0 Å². The molecule has 0 aliphatic carbocycles. The molecule has 1 aliphatic rings. The lowest BCUT2D eigenvalue weighted by Gasteiger charge is -2.23. The fraction of sp³-hybridized carbons (Fsp3) is 0.600. The van der Waals surface area contributed by atoms with Crippen LogP contribution in [0, 0.1) is 0 Å². The molecular formula is C10H12F3N3O. The summed E-state index contributed by atoms with van der Waals surface area (Å²) < 4.78 is 42.1. The highest BCUT2D eigenvalue weighted by Gasteiger charge is 2.33. The standard InChI is InChI=1S/C10H12F3N3O/c11-10(12,13)8-3-4-9(16-15-8)17-7-2-1-5-14-6-7/h3-4,7,14H,1-2,5-6H2. The average Bonchev–Trinajstić information content (AvgIpc) is 2.30. The molecule has 4 nitrogen and oxygen atoms in total. The van der Waals surface area contributed by atoms with E-state index in [1.165, 1.54) is 6.07 Å². The summed E-state index contributed by atoms with van der Waals surface area (Å²) in [6, 6.07) is 2.07. The molecule has 17 heavy (non-hydrogen) atoms. The van der Waals surface area contributed by atoms with Crippen LogP contribution >= 0.6 is 0 Å². The first-order valence-corrected chi connectivity index (χ1v) is 5.34. The first kappa shape index (κ1) is 12.1. The SMILES string of the molecule is FC(F)(F)c1ccc(OC2CCCNC2)nn1. The third-order valence-corrected chi connectivity index (χ3v) is 2.47. The van der Waals surface area contributed by atoms with E-state index in [1.807, 2.05) is 0 Å². The Morgan fingerprint density at radius 1 is 1.29 bits per heavy atom. The lowest BCUT2D eigenvalue weighted by atomic mass is 10.1. The van der Waals surface area contributed by atoms with Crippen LogP contribution in [0.2, 0.25) is 0 Å². The van der Waals surface area contributed by atoms with Crippen LogP contribution in [-0.2, 0) is 6.18 Å². The van der Waals surface area contributed by atoms with Crippen molar-refractivity contribution in [3.8, 4) is 5.88 Å². The van der Waals surface area contributed by atoms with E-state index in [2.05, 4.69) is 15.5 Å². The van der Waals surface area contributed by atoms with Gasteiger partial charge in [-0.2, -0.15) is 13.2 Å². The molecule has 1 fully saturated rings. The molecule has 2 heterocycles. The highest BCUT2D eigenvalue weighted by atomic mass is 19.4. The summed E-state index contributed by atoms with van der Waals surface area (Å²) in [5.74, 6) is 0.131. The van der Waals surface area contributed by atoms with Crippen LogP contribution in [-0.4, -0.2) is 29.4 Å². The van der Waals surface area contributed by atoms with Gasteiger partial charge >= 0.3 is 6.18 Å². The molecule has 0 saturated carbocycles. The summed E-state index contributed by atoms with van der Waals surface area (Å²) in [6.07, 6.45) is -2.65. The van der Waals surface area contributed by atoms with Gasteiger partial charge in [0, 0.05) is 12.6 Å². The molecule has 1 aromatic rings. The van der Waals surface area contributed by atoms with E-state index >= 15 is 0 Å². The van der Waals surface area contributed by atoms with E-state index in [1.54, 1.807) is 0 Å². The summed E-state index contributed by atoms with van der Waals surface area (Å²) in [5.41, 5.74) is -1.01. The molecule has 1 N–H and O–H groups in total. The molecular weight excluding hydrogens is 235 g/mol. The topological polar surface area (TPSA) is 47.0 Å². The second-order valence-corrected chi connectivity index (χ2v) is 3.84. The van der Waals surface area contributed by atoms with Crippen LogP contribution in [0.15, 0.2) is 12.1 Å². The highest BCUT2D eigenvalue weighted by molar-refractivity contribution is 5.13. The summed E-state index contributed by atoms with van der Waals surface area (Å²) in [6.45, 7) is 1.63. The summed E-state index contributed by atoms with van der Waals surface area (Å²) in [5, 5.41) is 9.65. The number of nitrogens with one attached hydrogen (secondary N) is 1. The maximum atomic E-state index is 12.2. The Balaban J connectivity index is 1.98. The van der Waals surface area contributed by atoms with Gasteiger partial charge in [-0.1, -0.05) is 0 Å². The fourth-order valence-corrected chi connectivity index (χ4v) is 1.63. The van der Waals surface area contributed by atoms with Gasteiger partial charge in [-0.05, 0) is 25.5 Å². The lowest BCUT2D eigenvalue weighted by Crippen LogP contribution is -2.37. The lowest BCUT2D eigenvalue weighted by molar-refractivity contribution is -0.141. The predicted molar refractivity (Wildman–Crippen MR) is 53.6 cm³/mol. The minimum absolute atomic E-state index is 0.0465. The molecule has 94 valence electrons. The van der Waals surface area contributed by atoms with Crippen molar-refractivity contribution in [3.05, 3.63) is 17.8 Å². The van der Waals surface area contributed by atoms with Gasteiger partial charge in [0.05, 0.1) is 0 Å². The van der Waals surface area contributed by atoms with Gasteiger partial charge < -0.3 is 10.1 Å². The fourth-order valence-electron chi connectivity index (χ4n) is 1.63.